The molecule has 1 aromatic carbocycles. The van der Waals surface area contributed by atoms with Crippen LogP contribution >= 0.6 is 0 Å². The minimum atomic E-state index is -2.35. The van der Waals surface area contributed by atoms with Gasteiger partial charge in [-0.05, 0) is 37.4 Å². The monoisotopic (exact) mass is 429 g/mol. The van der Waals surface area contributed by atoms with E-state index in [0.717, 1.165) is 16.3 Å². The first kappa shape index (κ1) is 21.2. The lowest BCUT2D eigenvalue weighted by Crippen LogP contribution is -2.47. The second kappa shape index (κ2) is 8.97. The van der Waals surface area contributed by atoms with Crippen LogP contribution in [0.2, 0.25) is 0 Å². The Kier molecular flexibility index (Phi) is 6.13. The smallest absolute Gasteiger partial charge is 0.323 e. The van der Waals surface area contributed by atoms with E-state index in [9.17, 15) is 13.6 Å². The van der Waals surface area contributed by atoms with Crippen LogP contribution in [0.15, 0.2) is 41.1 Å². The zero-order chi connectivity index (χ0) is 22.0. The summed E-state index contributed by atoms with van der Waals surface area (Å²) in [6, 6.07) is 7.51. The molecule has 4 rings (SSSR count). The van der Waals surface area contributed by atoms with Gasteiger partial charge in [-0.1, -0.05) is 12.1 Å². The lowest BCUT2D eigenvalue weighted by atomic mass is 10.0. The van der Waals surface area contributed by atoms with Crippen LogP contribution in [0.4, 0.5) is 19.4 Å². The van der Waals surface area contributed by atoms with Gasteiger partial charge in [-0.25, -0.2) is 23.5 Å². The molecule has 1 aliphatic heterocycles. The summed E-state index contributed by atoms with van der Waals surface area (Å²) in [7, 11) is 1.71. The number of urea groups is 1. The Balaban J connectivity index is 1.41. The summed E-state index contributed by atoms with van der Waals surface area (Å²) < 4.78 is 30.8. The highest BCUT2D eigenvalue weighted by Gasteiger charge is 2.26. The van der Waals surface area contributed by atoms with Gasteiger partial charge in [0.2, 0.25) is 0 Å². The van der Waals surface area contributed by atoms with Crippen molar-refractivity contribution in [2.75, 3.05) is 32.0 Å². The van der Waals surface area contributed by atoms with Gasteiger partial charge in [-0.2, -0.15) is 0 Å². The van der Waals surface area contributed by atoms with Crippen LogP contribution in [0.1, 0.15) is 18.7 Å². The highest BCUT2D eigenvalue weighted by Crippen LogP contribution is 2.26. The molecule has 0 radical (unpaired) electrons. The molecule has 1 fully saturated rings. The summed E-state index contributed by atoms with van der Waals surface area (Å²) in [5.74, 6) is 1.74. The van der Waals surface area contributed by atoms with Crippen molar-refractivity contribution in [2.24, 2.45) is 0 Å². The third-order valence-corrected chi connectivity index (χ3v) is 5.66. The maximum absolute atomic E-state index is 12.7. The minimum Gasteiger partial charge on any atom is -0.441 e. The SMILES string of the molecule is Cc1ncc(-c2ccc3cnc(NC(=O)N4CCC(N(C)CC(F)F)CC4)cc3c2)o1. The number of alkyl halides is 2. The maximum atomic E-state index is 12.7. The topological polar surface area (TPSA) is 74.5 Å². The molecule has 1 aliphatic rings. The molecule has 0 unspecified atom stereocenters. The Morgan fingerprint density at radius 3 is 2.68 bits per heavy atom. The molecule has 2 amide bonds. The fourth-order valence-electron chi connectivity index (χ4n) is 3.92. The van der Waals surface area contributed by atoms with E-state index in [4.69, 9.17) is 4.42 Å². The first-order valence-corrected chi connectivity index (χ1v) is 10.3. The van der Waals surface area contributed by atoms with E-state index in [1.165, 1.54) is 0 Å². The van der Waals surface area contributed by atoms with Gasteiger partial charge in [0.25, 0.3) is 6.43 Å². The molecule has 9 heteroatoms. The summed E-state index contributed by atoms with van der Waals surface area (Å²) in [6.07, 6.45) is 2.39. The van der Waals surface area contributed by atoms with Gasteiger partial charge in [0, 0.05) is 43.2 Å². The molecule has 164 valence electrons. The number of nitrogens with zero attached hydrogens (tertiary/aromatic N) is 4. The van der Waals surface area contributed by atoms with E-state index in [-0.39, 0.29) is 18.6 Å². The van der Waals surface area contributed by atoms with Crippen molar-refractivity contribution in [1.82, 2.24) is 19.8 Å². The molecule has 1 N–H and O–H groups in total. The van der Waals surface area contributed by atoms with Crippen LogP contribution in [0, 0.1) is 6.92 Å². The highest BCUT2D eigenvalue weighted by molar-refractivity contribution is 5.93. The van der Waals surface area contributed by atoms with Crippen molar-refractivity contribution in [1.29, 1.82) is 0 Å². The molecule has 1 saturated heterocycles. The number of likely N-dealkylation sites (tertiary alicyclic amines) is 1. The molecular formula is C22H25F2N5O2. The zero-order valence-corrected chi connectivity index (χ0v) is 17.5. The molecule has 0 spiro atoms. The van der Waals surface area contributed by atoms with E-state index in [0.29, 0.717) is 43.4 Å². The largest absolute Gasteiger partial charge is 0.441 e. The number of hydrogen-bond donors (Lipinski definition) is 1. The summed E-state index contributed by atoms with van der Waals surface area (Å²) in [6.45, 7) is 2.59. The van der Waals surface area contributed by atoms with Crippen LogP contribution < -0.4 is 5.32 Å². The summed E-state index contributed by atoms with van der Waals surface area (Å²) in [5.41, 5.74) is 0.895. The maximum Gasteiger partial charge on any atom is 0.323 e. The summed E-state index contributed by atoms with van der Waals surface area (Å²) in [4.78, 5) is 24.5. The van der Waals surface area contributed by atoms with Crippen LogP contribution in [0.3, 0.4) is 0 Å². The van der Waals surface area contributed by atoms with Crippen LogP contribution in [-0.2, 0) is 0 Å². The average Bonchev–Trinajstić information content (AvgIpc) is 3.19. The number of anilines is 1. The number of pyridine rings is 1. The Morgan fingerprint density at radius 2 is 2.00 bits per heavy atom. The van der Waals surface area contributed by atoms with E-state index < -0.39 is 6.43 Å². The Bertz CT molecular complexity index is 1060. The molecule has 3 heterocycles. The van der Waals surface area contributed by atoms with Gasteiger partial charge in [0.05, 0.1) is 12.7 Å². The summed E-state index contributed by atoms with van der Waals surface area (Å²) in [5, 5.41) is 4.72. The van der Waals surface area contributed by atoms with Crippen molar-refractivity contribution in [3.8, 4) is 11.3 Å². The first-order valence-electron chi connectivity index (χ1n) is 10.3. The standard InChI is InChI=1S/C22H25F2N5O2/c1-14-25-12-19(31-14)15-3-4-16-11-26-21(10-17(16)9-15)27-22(30)29-7-5-18(6-8-29)28(2)13-20(23)24/h3-4,9-12,18,20H,5-8,13H2,1-2H3,(H,26,27,30). The van der Waals surface area contributed by atoms with Gasteiger partial charge < -0.3 is 9.32 Å². The second-order valence-corrected chi connectivity index (χ2v) is 7.85. The number of benzene rings is 1. The van der Waals surface area contributed by atoms with E-state index in [2.05, 4.69) is 15.3 Å². The number of fused-ring (bicyclic) bond motifs is 1. The average molecular weight is 429 g/mol. The second-order valence-electron chi connectivity index (χ2n) is 7.85. The van der Waals surface area contributed by atoms with E-state index in [1.807, 2.05) is 24.3 Å². The van der Waals surface area contributed by atoms with Gasteiger partial charge in [0.15, 0.2) is 11.7 Å². The number of rotatable bonds is 5. The number of hydrogen-bond acceptors (Lipinski definition) is 5. The fraction of sp³-hybridized carbons (Fsp3) is 0.409. The highest BCUT2D eigenvalue weighted by atomic mass is 19.3. The quantitative estimate of drug-likeness (QED) is 0.651. The molecular weight excluding hydrogens is 404 g/mol. The van der Waals surface area contributed by atoms with Crippen molar-refractivity contribution >= 4 is 22.6 Å². The lowest BCUT2D eigenvalue weighted by Gasteiger charge is -2.36. The van der Waals surface area contributed by atoms with Gasteiger partial charge >= 0.3 is 6.03 Å². The Labute approximate surface area is 179 Å². The number of halogens is 2. The third kappa shape index (κ3) is 4.99. The number of carbonyl (C=O) groups excluding carboxylic acids is 1. The van der Waals surface area contributed by atoms with E-state index in [1.54, 1.807) is 36.2 Å². The fourth-order valence-corrected chi connectivity index (χ4v) is 3.92. The zero-order valence-electron chi connectivity index (χ0n) is 17.5. The van der Waals surface area contributed by atoms with Crippen molar-refractivity contribution in [3.63, 3.8) is 0 Å². The van der Waals surface area contributed by atoms with Crippen molar-refractivity contribution in [3.05, 3.63) is 42.5 Å². The van der Waals surface area contributed by atoms with E-state index >= 15 is 0 Å². The minimum absolute atomic E-state index is 0.0648. The van der Waals surface area contributed by atoms with Crippen LogP contribution in [-0.4, -0.2) is 64.9 Å². The number of piperidine rings is 1. The molecule has 0 atom stereocenters. The molecule has 0 aliphatic carbocycles. The lowest BCUT2D eigenvalue weighted by molar-refractivity contribution is 0.0628. The van der Waals surface area contributed by atoms with Crippen molar-refractivity contribution in [2.45, 2.75) is 32.2 Å². The molecule has 0 bridgehead atoms. The Hall–Kier alpha value is -3.07. The van der Waals surface area contributed by atoms with Gasteiger partial charge in [-0.3, -0.25) is 10.2 Å². The first-order chi connectivity index (χ1) is 14.9. The van der Waals surface area contributed by atoms with Crippen LogP contribution in [0.5, 0.6) is 0 Å². The van der Waals surface area contributed by atoms with Crippen molar-refractivity contribution < 1.29 is 18.0 Å². The predicted molar refractivity (Wildman–Crippen MR) is 114 cm³/mol. The summed E-state index contributed by atoms with van der Waals surface area (Å²) >= 11 is 0. The number of carbonyl (C=O) groups is 1. The molecule has 3 aromatic rings. The number of oxazole rings is 1. The van der Waals surface area contributed by atoms with Crippen LogP contribution in [0.25, 0.3) is 22.1 Å². The van der Waals surface area contributed by atoms with Gasteiger partial charge in [0.1, 0.15) is 5.82 Å². The normalized spacial score (nSPS) is 15.2. The predicted octanol–water partition coefficient (Wildman–Crippen LogP) is 4.39. The third-order valence-electron chi connectivity index (χ3n) is 5.66. The number of nitrogens with one attached hydrogen (secondary N) is 1. The Morgan fingerprint density at radius 1 is 1.23 bits per heavy atom. The molecule has 7 nitrogen and oxygen atoms in total. The molecule has 31 heavy (non-hydrogen) atoms. The number of amides is 2. The van der Waals surface area contributed by atoms with Gasteiger partial charge in [-0.15, -0.1) is 0 Å². The molecule has 0 saturated carbocycles. The number of aryl methyl sites for hydroxylation is 1. The molecule has 2 aromatic heterocycles. The number of aromatic nitrogens is 2.